The Kier molecular flexibility index (Phi) is 5.17. The van der Waals surface area contributed by atoms with Gasteiger partial charge in [-0.05, 0) is 35.4 Å². The van der Waals surface area contributed by atoms with Crippen LogP contribution in [0.1, 0.15) is 22.7 Å². The zero-order valence-corrected chi connectivity index (χ0v) is 17.6. The molecule has 2 aliphatic heterocycles. The molecule has 0 unspecified atom stereocenters. The molecule has 10 heteroatoms. The second-order valence-electron chi connectivity index (χ2n) is 7.71. The van der Waals surface area contributed by atoms with Gasteiger partial charge in [0, 0.05) is 36.6 Å². The monoisotopic (exact) mass is 459 g/mol. The number of non-ortho nitro benzene ring substituents is 1. The lowest BCUT2D eigenvalue weighted by molar-refractivity contribution is -0.384. The van der Waals surface area contributed by atoms with Gasteiger partial charge < -0.3 is 19.5 Å². The van der Waals surface area contributed by atoms with Crippen molar-refractivity contribution in [1.29, 1.82) is 0 Å². The zero-order chi connectivity index (χ0) is 23.8. The van der Waals surface area contributed by atoms with Crippen LogP contribution in [0.25, 0.3) is 5.76 Å². The lowest BCUT2D eigenvalue weighted by Gasteiger charge is -2.25. The van der Waals surface area contributed by atoms with Gasteiger partial charge in [0.25, 0.3) is 17.4 Å². The molecule has 1 aromatic heterocycles. The van der Waals surface area contributed by atoms with Crippen molar-refractivity contribution in [1.82, 2.24) is 9.88 Å². The first-order valence-corrected chi connectivity index (χ1v) is 10.3. The number of nitro benzene ring substituents is 1. The third kappa shape index (κ3) is 3.60. The van der Waals surface area contributed by atoms with Crippen molar-refractivity contribution in [2.45, 2.75) is 12.6 Å². The minimum atomic E-state index is -1.05. The molecule has 34 heavy (non-hydrogen) atoms. The fourth-order valence-corrected chi connectivity index (χ4v) is 4.09. The molecule has 0 saturated carbocycles. The third-order valence-corrected chi connectivity index (χ3v) is 5.66. The van der Waals surface area contributed by atoms with Gasteiger partial charge in [-0.3, -0.25) is 24.7 Å². The minimum Gasteiger partial charge on any atom is -0.507 e. The molecule has 10 nitrogen and oxygen atoms in total. The number of aromatic nitrogens is 1. The molecule has 3 heterocycles. The number of amides is 1. The number of rotatable bonds is 5. The number of aliphatic hydroxyl groups excluding tert-OH is 1. The number of hydrogen-bond donors (Lipinski definition) is 1. The van der Waals surface area contributed by atoms with Crippen LogP contribution in [0.3, 0.4) is 0 Å². The number of carbonyl (C=O) groups is 2. The Morgan fingerprint density at radius 2 is 1.94 bits per heavy atom. The van der Waals surface area contributed by atoms with E-state index in [1.54, 1.807) is 42.7 Å². The molecule has 2 aromatic carbocycles. The highest BCUT2D eigenvalue weighted by molar-refractivity contribution is 6.46. The highest BCUT2D eigenvalue weighted by Gasteiger charge is 2.46. The van der Waals surface area contributed by atoms with E-state index in [1.807, 2.05) is 0 Å². The van der Waals surface area contributed by atoms with Gasteiger partial charge in [-0.15, -0.1) is 0 Å². The summed E-state index contributed by atoms with van der Waals surface area (Å²) in [6.07, 6.45) is 3.14. The Hall–Kier alpha value is -4.73. The number of fused-ring (bicyclic) bond motifs is 1. The molecule has 3 aromatic rings. The number of pyridine rings is 1. The van der Waals surface area contributed by atoms with E-state index in [-0.39, 0.29) is 30.2 Å². The zero-order valence-electron chi connectivity index (χ0n) is 17.6. The number of nitro groups is 1. The van der Waals surface area contributed by atoms with Gasteiger partial charge in [0.1, 0.15) is 5.76 Å². The van der Waals surface area contributed by atoms with Crippen molar-refractivity contribution in [2.24, 2.45) is 0 Å². The summed E-state index contributed by atoms with van der Waals surface area (Å²) < 4.78 is 10.6. The van der Waals surface area contributed by atoms with Gasteiger partial charge in [0.15, 0.2) is 11.5 Å². The average molecular weight is 459 g/mol. The first-order chi connectivity index (χ1) is 16.4. The number of ether oxygens (including phenoxy) is 2. The predicted molar refractivity (Wildman–Crippen MR) is 118 cm³/mol. The van der Waals surface area contributed by atoms with Crippen LogP contribution in [0.2, 0.25) is 0 Å². The van der Waals surface area contributed by atoms with Gasteiger partial charge >= 0.3 is 0 Å². The van der Waals surface area contributed by atoms with Gasteiger partial charge in [-0.2, -0.15) is 0 Å². The average Bonchev–Trinajstić information content (AvgIpc) is 3.42. The summed E-state index contributed by atoms with van der Waals surface area (Å²) >= 11 is 0. The van der Waals surface area contributed by atoms with Crippen LogP contribution < -0.4 is 9.47 Å². The number of likely N-dealkylation sites (tertiary alicyclic amines) is 1. The van der Waals surface area contributed by atoms with Gasteiger partial charge in [-0.1, -0.05) is 18.2 Å². The maximum Gasteiger partial charge on any atom is 0.295 e. The van der Waals surface area contributed by atoms with E-state index >= 15 is 0 Å². The van der Waals surface area contributed by atoms with Crippen LogP contribution in [0.5, 0.6) is 11.5 Å². The SMILES string of the molecule is O=C1C(=O)N(Cc2cccnc2)[C@H](c2cccc([N+](=O)[O-])c2)C1=C(O)c1ccc2c(c1)OCO2. The van der Waals surface area contributed by atoms with E-state index in [1.165, 1.54) is 29.2 Å². The van der Waals surface area contributed by atoms with Gasteiger partial charge in [0.2, 0.25) is 6.79 Å². The van der Waals surface area contributed by atoms with Crippen molar-refractivity contribution < 1.29 is 29.1 Å². The van der Waals surface area contributed by atoms with E-state index in [2.05, 4.69) is 4.98 Å². The van der Waals surface area contributed by atoms with E-state index < -0.39 is 28.4 Å². The molecule has 1 saturated heterocycles. The van der Waals surface area contributed by atoms with E-state index in [0.29, 0.717) is 22.6 Å². The largest absolute Gasteiger partial charge is 0.507 e. The first kappa shape index (κ1) is 21.1. The Bertz CT molecular complexity index is 1350. The molecule has 0 radical (unpaired) electrons. The molecule has 0 aliphatic carbocycles. The van der Waals surface area contributed by atoms with Crippen LogP contribution in [0.15, 0.2) is 72.6 Å². The molecular formula is C24H17N3O7. The predicted octanol–water partition coefficient (Wildman–Crippen LogP) is 3.34. The summed E-state index contributed by atoms with van der Waals surface area (Å²) in [6.45, 7) is 0.0480. The normalized spacial score (nSPS) is 18.4. The van der Waals surface area contributed by atoms with Crippen LogP contribution in [-0.4, -0.2) is 38.4 Å². The number of carbonyl (C=O) groups excluding carboxylic acids is 2. The summed E-state index contributed by atoms with van der Waals surface area (Å²) in [6, 6.07) is 12.7. The fourth-order valence-electron chi connectivity index (χ4n) is 4.09. The number of Topliss-reactive ketones (excluding diaryl/α,β-unsaturated/α-hetero) is 1. The summed E-state index contributed by atoms with van der Waals surface area (Å²) in [5.74, 6) is -1.26. The molecule has 170 valence electrons. The summed E-state index contributed by atoms with van der Waals surface area (Å²) in [7, 11) is 0. The minimum absolute atomic E-state index is 0.0176. The standard InChI is InChI=1S/C24H17N3O7/c28-22(16-6-7-18-19(10-16)34-13-33-18)20-21(15-4-1-5-17(9-15)27(31)32)26(24(30)23(20)29)12-14-3-2-8-25-11-14/h1-11,21,28H,12-13H2/t21-/m1/s1. The van der Waals surface area contributed by atoms with Crippen molar-refractivity contribution >= 4 is 23.1 Å². The number of benzene rings is 2. The molecule has 1 fully saturated rings. The second kappa shape index (κ2) is 8.32. The molecule has 0 spiro atoms. The lowest BCUT2D eigenvalue weighted by atomic mass is 9.94. The molecule has 1 amide bonds. The third-order valence-electron chi connectivity index (χ3n) is 5.66. The van der Waals surface area contributed by atoms with Crippen molar-refractivity contribution in [3.63, 3.8) is 0 Å². The molecule has 5 rings (SSSR count). The maximum atomic E-state index is 13.1. The molecule has 1 atom stereocenters. The molecule has 1 N–H and O–H groups in total. The fraction of sp³-hybridized carbons (Fsp3) is 0.125. The number of nitrogens with zero attached hydrogens (tertiary/aromatic N) is 3. The first-order valence-electron chi connectivity index (χ1n) is 10.3. The highest BCUT2D eigenvalue weighted by Crippen LogP contribution is 2.42. The molecule has 2 aliphatic rings. The van der Waals surface area contributed by atoms with Crippen LogP contribution >= 0.6 is 0 Å². The summed E-state index contributed by atoms with van der Waals surface area (Å²) in [5.41, 5.74) is 0.849. The van der Waals surface area contributed by atoms with E-state index in [4.69, 9.17) is 9.47 Å². The van der Waals surface area contributed by atoms with Crippen molar-refractivity contribution in [2.75, 3.05) is 6.79 Å². The van der Waals surface area contributed by atoms with E-state index in [0.717, 1.165) is 0 Å². The van der Waals surface area contributed by atoms with Gasteiger partial charge in [0.05, 0.1) is 16.5 Å². The molecule has 0 bridgehead atoms. The number of aliphatic hydroxyl groups is 1. The van der Waals surface area contributed by atoms with Crippen LogP contribution in [-0.2, 0) is 16.1 Å². The Labute approximate surface area is 192 Å². The van der Waals surface area contributed by atoms with Crippen molar-refractivity contribution in [3.8, 4) is 11.5 Å². The van der Waals surface area contributed by atoms with Crippen molar-refractivity contribution in [3.05, 3.63) is 99.4 Å². The second-order valence-corrected chi connectivity index (χ2v) is 7.71. The lowest BCUT2D eigenvalue weighted by Crippen LogP contribution is -2.29. The quantitative estimate of drug-likeness (QED) is 0.202. The molecular weight excluding hydrogens is 442 g/mol. The topological polar surface area (TPSA) is 132 Å². The van der Waals surface area contributed by atoms with E-state index in [9.17, 15) is 24.8 Å². The van der Waals surface area contributed by atoms with Crippen LogP contribution in [0.4, 0.5) is 5.69 Å². The number of ketones is 1. The smallest absolute Gasteiger partial charge is 0.295 e. The highest BCUT2D eigenvalue weighted by atomic mass is 16.7. The van der Waals surface area contributed by atoms with Crippen LogP contribution in [0, 0.1) is 10.1 Å². The maximum absolute atomic E-state index is 13.1. The van der Waals surface area contributed by atoms with Gasteiger partial charge in [-0.25, -0.2) is 0 Å². The summed E-state index contributed by atoms with van der Waals surface area (Å²) in [5, 5.41) is 22.5. The Morgan fingerprint density at radius 1 is 1.12 bits per heavy atom. The Balaban J connectivity index is 1.66. The number of hydrogen-bond acceptors (Lipinski definition) is 8. The summed E-state index contributed by atoms with van der Waals surface area (Å²) in [4.78, 5) is 42.4. The Morgan fingerprint density at radius 3 is 2.71 bits per heavy atom.